The maximum Gasteiger partial charge on any atom is 0.573 e. The topological polar surface area (TPSA) is 18.5 Å². The third-order valence-electron chi connectivity index (χ3n) is 2.13. The lowest BCUT2D eigenvalue weighted by atomic mass is 10.0. The number of rotatable bonds is 4. The van der Waals surface area contributed by atoms with E-state index >= 15 is 0 Å². The van der Waals surface area contributed by atoms with Crippen LogP contribution in [0.5, 0.6) is 11.5 Å². The zero-order chi connectivity index (χ0) is 15.6. The Kier molecular flexibility index (Phi) is 4.57. The summed E-state index contributed by atoms with van der Waals surface area (Å²) >= 11 is 0. The second-order valence-corrected chi connectivity index (χ2v) is 3.64. The van der Waals surface area contributed by atoms with Crippen molar-refractivity contribution in [1.29, 1.82) is 0 Å². The fraction of sp³-hybridized carbons (Fsp3) is 0.250. The van der Waals surface area contributed by atoms with Gasteiger partial charge in [-0.05, 0) is 24.6 Å². The highest BCUT2D eigenvalue weighted by Crippen LogP contribution is 2.37. The highest BCUT2D eigenvalue weighted by atomic mass is 19.4. The third-order valence-corrected chi connectivity index (χ3v) is 2.13. The van der Waals surface area contributed by atoms with Crippen molar-refractivity contribution < 1.29 is 35.8 Å². The van der Waals surface area contributed by atoms with Crippen LogP contribution < -0.4 is 9.47 Å². The molecule has 1 rings (SSSR count). The van der Waals surface area contributed by atoms with Crippen molar-refractivity contribution in [1.82, 2.24) is 0 Å². The summed E-state index contributed by atoms with van der Waals surface area (Å²) < 4.78 is 79.8. The molecule has 0 heterocycles. The molecule has 0 spiro atoms. The molecule has 0 N–H and O–H groups in total. The highest BCUT2D eigenvalue weighted by Gasteiger charge is 2.36. The van der Waals surface area contributed by atoms with E-state index in [1.54, 1.807) is 0 Å². The van der Waals surface area contributed by atoms with Crippen LogP contribution in [0.4, 0.5) is 26.3 Å². The first-order valence-corrected chi connectivity index (χ1v) is 5.13. The molecule has 0 saturated heterocycles. The van der Waals surface area contributed by atoms with Crippen molar-refractivity contribution in [2.75, 3.05) is 0 Å². The summed E-state index contributed by atoms with van der Waals surface area (Å²) in [6.07, 6.45) is -8.96. The molecule has 0 amide bonds. The van der Waals surface area contributed by atoms with Gasteiger partial charge >= 0.3 is 12.7 Å². The van der Waals surface area contributed by atoms with Crippen molar-refractivity contribution >= 4 is 0 Å². The summed E-state index contributed by atoms with van der Waals surface area (Å²) in [5.41, 5.74) is 0.203. The average Bonchev–Trinajstić information content (AvgIpc) is 2.26. The zero-order valence-electron chi connectivity index (χ0n) is 9.89. The Labute approximate surface area is 110 Å². The monoisotopic (exact) mass is 299 g/mol. The Morgan fingerprint density at radius 3 is 1.90 bits per heavy atom. The van der Waals surface area contributed by atoms with E-state index in [-0.39, 0.29) is 5.56 Å². The van der Waals surface area contributed by atoms with Crippen LogP contribution in [-0.4, -0.2) is 12.7 Å². The van der Waals surface area contributed by atoms with Crippen LogP contribution in [0, 0.1) is 6.92 Å². The highest BCUT2D eigenvalue weighted by molar-refractivity contribution is 5.45. The van der Waals surface area contributed by atoms with E-state index in [1.165, 1.54) is 6.08 Å². The number of ether oxygens (including phenoxy) is 2. The predicted octanol–water partition coefficient (Wildman–Crippen LogP) is 4.59. The van der Waals surface area contributed by atoms with Crippen molar-refractivity contribution in [3.05, 3.63) is 43.3 Å². The van der Waals surface area contributed by atoms with Gasteiger partial charge < -0.3 is 9.47 Å². The number of hydrogen-bond acceptors (Lipinski definition) is 2. The fourth-order valence-electron chi connectivity index (χ4n) is 1.30. The number of halogens is 6. The number of benzene rings is 1. The van der Waals surface area contributed by atoms with Crippen LogP contribution in [0.1, 0.15) is 11.5 Å². The summed E-state index contributed by atoms with van der Waals surface area (Å²) in [6, 6.07) is 2.64. The molecule has 2 nitrogen and oxygen atoms in total. The van der Waals surface area contributed by atoms with E-state index < -0.39 is 30.1 Å². The Bertz CT molecular complexity index is 478. The SMILES string of the molecule is [CH2]C(C=C)c1ccc(OC(F)(F)F)c(OC(F)(F)F)c1. The molecule has 20 heavy (non-hydrogen) atoms. The van der Waals surface area contributed by atoms with Gasteiger partial charge in [0.15, 0.2) is 11.5 Å². The lowest BCUT2D eigenvalue weighted by Gasteiger charge is -2.17. The number of allylic oxidation sites excluding steroid dienone is 1. The maximum absolute atomic E-state index is 12.2. The van der Waals surface area contributed by atoms with E-state index in [4.69, 9.17) is 0 Å². The van der Waals surface area contributed by atoms with Crippen LogP contribution in [0.15, 0.2) is 30.9 Å². The molecule has 0 saturated carbocycles. The second-order valence-electron chi connectivity index (χ2n) is 3.64. The molecule has 111 valence electrons. The average molecular weight is 299 g/mol. The quantitative estimate of drug-likeness (QED) is 0.598. The van der Waals surface area contributed by atoms with E-state index in [2.05, 4.69) is 23.0 Å². The Morgan fingerprint density at radius 2 is 1.45 bits per heavy atom. The van der Waals surface area contributed by atoms with Gasteiger partial charge in [-0.1, -0.05) is 12.1 Å². The summed E-state index contributed by atoms with van der Waals surface area (Å²) in [5.74, 6) is -2.79. The first-order valence-electron chi connectivity index (χ1n) is 5.13. The molecule has 8 heteroatoms. The van der Waals surface area contributed by atoms with Crippen LogP contribution in [0.2, 0.25) is 0 Å². The lowest BCUT2D eigenvalue weighted by Crippen LogP contribution is -2.21. The Balaban J connectivity index is 3.19. The zero-order valence-corrected chi connectivity index (χ0v) is 9.89. The van der Waals surface area contributed by atoms with Crippen LogP contribution in [0.25, 0.3) is 0 Å². The minimum Gasteiger partial charge on any atom is -0.402 e. The molecule has 0 aromatic heterocycles. The van der Waals surface area contributed by atoms with Crippen molar-refractivity contribution in [2.45, 2.75) is 18.6 Å². The molecule has 0 aliphatic rings. The summed E-state index contributed by atoms with van der Waals surface area (Å²) in [4.78, 5) is 0. The van der Waals surface area contributed by atoms with Gasteiger partial charge in [0.05, 0.1) is 0 Å². The van der Waals surface area contributed by atoms with Gasteiger partial charge in [0.2, 0.25) is 0 Å². The summed E-state index contributed by atoms with van der Waals surface area (Å²) in [6.45, 7) is 6.94. The van der Waals surface area contributed by atoms with Gasteiger partial charge in [0, 0.05) is 5.92 Å². The molecule has 0 bridgehead atoms. The van der Waals surface area contributed by atoms with E-state index in [9.17, 15) is 26.3 Å². The molecule has 1 unspecified atom stereocenters. The van der Waals surface area contributed by atoms with Crippen LogP contribution in [0.3, 0.4) is 0 Å². The minimum absolute atomic E-state index is 0.203. The second kappa shape index (κ2) is 5.64. The predicted molar refractivity (Wildman–Crippen MR) is 58.1 cm³/mol. The van der Waals surface area contributed by atoms with Gasteiger partial charge in [-0.15, -0.1) is 32.9 Å². The smallest absolute Gasteiger partial charge is 0.402 e. The summed E-state index contributed by atoms with van der Waals surface area (Å²) in [7, 11) is 0. The normalized spacial score (nSPS) is 13.8. The van der Waals surface area contributed by atoms with Gasteiger partial charge in [-0.25, -0.2) is 0 Å². The molecule has 1 radical (unpaired) electrons. The molecule has 1 aromatic carbocycles. The van der Waals surface area contributed by atoms with E-state index in [1.807, 2.05) is 0 Å². The van der Waals surface area contributed by atoms with Gasteiger partial charge in [0.25, 0.3) is 0 Å². The molecule has 1 aromatic rings. The standard InChI is InChI=1S/C12H9F6O2/c1-3-7(2)8-4-5-9(19-11(13,14)15)10(6-8)20-12(16,17)18/h3-7H,1-2H2. The van der Waals surface area contributed by atoms with Crippen molar-refractivity contribution in [2.24, 2.45) is 0 Å². The molecule has 1 atom stereocenters. The number of alkyl halides is 6. The summed E-state index contributed by atoms with van der Waals surface area (Å²) in [5, 5.41) is 0. The first kappa shape index (κ1) is 16.2. The Hall–Kier alpha value is -1.86. The minimum atomic E-state index is -5.15. The fourth-order valence-corrected chi connectivity index (χ4v) is 1.30. The molecular weight excluding hydrogens is 290 g/mol. The van der Waals surface area contributed by atoms with Gasteiger partial charge in [-0.3, -0.25) is 0 Å². The largest absolute Gasteiger partial charge is 0.573 e. The van der Waals surface area contributed by atoms with E-state index in [0.29, 0.717) is 0 Å². The van der Waals surface area contributed by atoms with Crippen molar-refractivity contribution in [3.63, 3.8) is 0 Å². The van der Waals surface area contributed by atoms with E-state index in [0.717, 1.165) is 18.2 Å². The lowest BCUT2D eigenvalue weighted by molar-refractivity contribution is -0.287. The first-order chi connectivity index (χ1) is 9.02. The number of hydrogen-bond donors (Lipinski definition) is 0. The Morgan fingerprint density at radius 1 is 0.950 bits per heavy atom. The molecule has 0 fully saturated rings. The third kappa shape index (κ3) is 5.02. The van der Waals surface area contributed by atoms with Crippen molar-refractivity contribution in [3.8, 4) is 11.5 Å². The maximum atomic E-state index is 12.2. The van der Waals surface area contributed by atoms with Gasteiger partial charge in [-0.2, -0.15) is 0 Å². The molecule has 0 aliphatic heterocycles. The molecular formula is C12H9F6O2. The molecule has 0 aliphatic carbocycles. The van der Waals surface area contributed by atoms with Crippen LogP contribution >= 0.6 is 0 Å². The van der Waals surface area contributed by atoms with Gasteiger partial charge in [0.1, 0.15) is 0 Å². The van der Waals surface area contributed by atoms with Crippen LogP contribution in [-0.2, 0) is 0 Å².